The van der Waals surface area contributed by atoms with E-state index in [0.717, 1.165) is 0 Å². The standard InChI is InChI=1S/2K.2Li.O3Si.2H/c;;;;1-4(2)3;;/q4*+1;-2;2*-1. The molecule has 0 unspecified atom stereocenters. The van der Waals surface area contributed by atoms with E-state index >= 15 is 0 Å². The van der Waals surface area contributed by atoms with Crippen LogP contribution in [0.3, 0.4) is 0 Å². The van der Waals surface area contributed by atoms with E-state index in [-0.39, 0.29) is 143 Å². The zero-order valence-electron chi connectivity index (χ0n) is 7.72. The Balaban J connectivity index is -0.00000000300. The van der Waals surface area contributed by atoms with Crippen molar-refractivity contribution in [2.75, 3.05) is 0 Å². The maximum atomic E-state index is 8.52. The van der Waals surface area contributed by atoms with E-state index in [9.17, 15) is 0 Å². The van der Waals surface area contributed by atoms with Crippen LogP contribution in [-0.4, -0.2) is 9.17 Å². The van der Waals surface area contributed by atoms with Crippen molar-refractivity contribution in [1.29, 1.82) is 0 Å². The first kappa shape index (κ1) is 29.6. The van der Waals surface area contributed by atoms with Crippen LogP contribution in [0.4, 0.5) is 0 Å². The van der Waals surface area contributed by atoms with Crippen LogP contribution in [0.2, 0.25) is 0 Å². The number of hydrogen-bond acceptors (Lipinski definition) is 3. The van der Waals surface area contributed by atoms with Gasteiger partial charge in [0.2, 0.25) is 0 Å². The first-order valence-electron chi connectivity index (χ1n) is 0.612. The Bertz CT molecular complexity index is 45.5. The summed E-state index contributed by atoms with van der Waals surface area (Å²) in [6, 6.07) is 0. The van der Waals surface area contributed by atoms with Crippen molar-refractivity contribution in [2.45, 2.75) is 0 Å². The van der Waals surface area contributed by atoms with Crippen molar-refractivity contribution < 1.29 is 157 Å². The summed E-state index contributed by atoms with van der Waals surface area (Å²) < 4.78 is 8.52. The Labute approximate surface area is 162 Å². The molecule has 0 spiro atoms. The molecule has 0 N–H and O–H groups in total. The van der Waals surface area contributed by atoms with Crippen molar-refractivity contribution in [3.63, 3.8) is 0 Å². The van der Waals surface area contributed by atoms with E-state index in [1.165, 1.54) is 0 Å². The molecule has 8 heteroatoms. The molecule has 0 aromatic heterocycles. The molecule has 3 nitrogen and oxygen atoms in total. The summed E-state index contributed by atoms with van der Waals surface area (Å²) in [5.41, 5.74) is 0. The van der Waals surface area contributed by atoms with Gasteiger partial charge in [-0.1, -0.05) is 0 Å². The summed E-state index contributed by atoms with van der Waals surface area (Å²) >= 11 is 0. The molecule has 28 valence electrons. The molecule has 0 fully saturated rings. The molecule has 0 aliphatic heterocycles. The fourth-order valence-corrected chi connectivity index (χ4v) is 0. The van der Waals surface area contributed by atoms with Crippen LogP contribution in [0.5, 0.6) is 0 Å². The van der Waals surface area contributed by atoms with E-state index in [4.69, 9.17) is 14.1 Å². The predicted molar refractivity (Wildman–Crippen MR) is 8.66 cm³/mol. The van der Waals surface area contributed by atoms with E-state index in [1.54, 1.807) is 0 Å². The van der Waals surface area contributed by atoms with Crippen LogP contribution in [-0.2, 0) is 4.46 Å². The topological polar surface area (TPSA) is 63.2 Å². The molecule has 0 radical (unpaired) electrons. The molecule has 0 aliphatic carbocycles. The van der Waals surface area contributed by atoms with Gasteiger partial charge in [0, 0.05) is 9.17 Å². The van der Waals surface area contributed by atoms with E-state index < -0.39 is 9.17 Å². The summed E-state index contributed by atoms with van der Waals surface area (Å²) in [6.45, 7) is 0. The minimum Gasteiger partial charge on any atom is -1.00 e. The van der Waals surface area contributed by atoms with Crippen LogP contribution in [0.15, 0.2) is 0 Å². The Hall–Kier alpha value is 4.08. The monoisotopic (exact) mass is 170 g/mol. The second-order valence-electron chi connectivity index (χ2n) is 0.250. The molecule has 0 aromatic carbocycles. The third-order valence-electron chi connectivity index (χ3n) is 0. The van der Waals surface area contributed by atoms with Crippen LogP contribution >= 0.6 is 0 Å². The average molecular weight is 170 g/mol. The van der Waals surface area contributed by atoms with Gasteiger partial charge < -0.3 is 16.9 Å². The SMILES string of the molecule is O=[Si]([O-])[O-].[H-].[H-].[K+].[K+].[Li+].[Li+]. The third-order valence-corrected chi connectivity index (χ3v) is 0. The van der Waals surface area contributed by atoms with E-state index in [1.807, 2.05) is 0 Å². The van der Waals surface area contributed by atoms with Gasteiger partial charge in [-0.05, 0) is 0 Å². The second-order valence-corrected chi connectivity index (χ2v) is 0.750. The van der Waals surface area contributed by atoms with Gasteiger partial charge in [0.15, 0.2) is 0 Å². The minimum atomic E-state index is -3.63. The van der Waals surface area contributed by atoms with Gasteiger partial charge in [0.05, 0.1) is 0 Å². The van der Waals surface area contributed by atoms with Crippen molar-refractivity contribution in [1.82, 2.24) is 0 Å². The second kappa shape index (κ2) is 22.5. The first-order chi connectivity index (χ1) is 1.73. The van der Waals surface area contributed by atoms with Gasteiger partial charge in [-0.2, -0.15) is 0 Å². The molecule has 0 rings (SSSR count). The zero-order chi connectivity index (χ0) is 3.58. The zero-order valence-corrected chi connectivity index (χ0v) is 13.0. The van der Waals surface area contributed by atoms with Crippen LogP contribution in [0.1, 0.15) is 2.85 Å². The molecule has 8 heavy (non-hydrogen) atoms. The number of rotatable bonds is 0. The van der Waals surface area contributed by atoms with Gasteiger partial charge >= 0.3 is 140 Å². The Morgan fingerprint density at radius 1 is 1.12 bits per heavy atom. The predicted octanol–water partition coefficient (Wildman–Crippen LogP) is -14.6. The maximum absolute atomic E-state index is 8.52. The fourth-order valence-electron chi connectivity index (χ4n) is 0. The molecule has 0 saturated carbocycles. The molecule has 0 aromatic rings. The summed E-state index contributed by atoms with van der Waals surface area (Å²) in [5, 5.41) is 0. The van der Waals surface area contributed by atoms with Crippen molar-refractivity contribution in [3.8, 4) is 0 Å². The average Bonchev–Trinajstić information content (AvgIpc) is 0.811. The smallest absolute Gasteiger partial charge is 1.00 e. The third kappa shape index (κ3) is 49.9. The van der Waals surface area contributed by atoms with Crippen LogP contribution < -0.4 is 150 Å². The molecule has 0 atom stereocenters. The van der Waals surface area contributed by atoms with E-state index in [2.05, 4.69) is 0 Å². The molecule has 0 bridgehead atoms. The molecular weight excluding hydrogens is 168 g/mol. The molecule has 0 saturated heterocycles. The molecular formula is H2K2Li2O3Si. The summed E-state index contributed by atoms with van der Waals surface area (Å²) in [5.74, 6) is 0. The van der Waals surface area contributed by atoms with E-state index in [0.29, 0.717) is 0 Å². The summed E-state index contributed by atoms with van der Waals surface area (Å²) in [6.07, 6.45) is 0. The van der Waals surface area contributed by atoms with Gasteiger partial charge in [0.1, 0.15) is 0 Å². The first-order valence-corrected chi connectivity index (χ1v) is 1.84. The van der Waals surface area contributed by atoms with Crippen molar-refractivity contribution >= 4 is 9.17 Å². The normalized spacial score (nSPS) is 3.00. The van der Waals surface area contributed by atoms with Crippen molar-refractivity contribution in [2.24, 2.45) is 0 Å². The van der Waals surface area contributed by atoms with Crippen molar-refractivity contribution in [3.05, 3.63) is 0 Å². The van der Waals surface area contributed by atoms with Gasteiger partial charge in [-0.15, -0.1) is 0 Å². The van der Waals surface area contributed by atoms with Gasteiger partial charge in [0.25, 0.3) is 0 Å². The fraction of sp³-hybridized carbons (Fsp3) is 0. The molecule has 0 amide bonds. The van der Waals surface area contributed by atoms with Crippen LogP contribution in [0, 0.1) is 0 Å². The maximum Gasteiger partial charge on any atom is 1.00 e. The Kier molecular flexibility index (Phi) is 83.1. The summed E-state index contributed by atoms with van der Waals surface area (Å²) in [4.78, 5) is 17.0. The van der Waals surface area contributed by atoms with Gasteiger partial charge in [-0.25, -0.2) is 0 Å². The quantitative estimate of drug-likeness (QED) is 0.339. The number of hydrogen-bond donors (Lipinski definition) is 0. The summed E-state index contributed by atoms with van der Waals surface area (Å²) in [7, 11) is -3.63. The van der Waals surface area contributed by atoms with Gasteiger partial charge in [-0.3, -0.25) is 0 Å². The Morgan fingerprint density at radius 3 is 1.12 bits per heavy atom. The largest absolute Gasteiger partial charge is 1.00 e. The molecule has 0 aliphatic rings. The minimum absolute atomic E-state index is 0. The van der Waals surface area contributed by atoms with Crippen LogP contribution in [0.25, 0.3) is 0 Å². The molecule has 0 heterocycles. The Morgan fingerprint density at radius 2 is 1.12 bits per heavy atom.